The summed E-state index contributed by atoms with van der Waals surface area (Å²) in [4.78, 5) is 0. The molecule has 0 nitrogen and oxygen atoms in total. The SMILES string of the molecule is CCCC[Se]c1sccc1C#Cc1ccc2ccccc2c1. The Hall–Kier alpha value is -1.52. The van der Waals surface area contributed by atoms with Gasteiger partial charge in [0, 0.05) is 0 Å². The molecule has 1 heterocycles. The van der Waals surface area contributed by atoms with Gasteiger partial charge in [0.1, 0.15) is 0 Å². The Morgan fingerprint density at radius 3 is 2.73 bits per heavy atom. The second kappa shape index (κ2) is 7.65. The number of unbranched alkanes of at least 4 members (excludes halogenated alkanes) is 1. The molecule has 0 aliphatic heterocycles. The van der Waals surface area contributed by atoms with Crippen LogP contribution in [0.4, 0.5) is 0 Å². The quantitative estimate of drug-likeness (QED) is 0.350. The van der Waals surface area contributed by atoms with Crippen LogP contribution >= 0.6 is 11.3 Å². The third kappa shape index (κ3) is 3.81. The summed E-state index contributed by atoms with van der Waals surface area (Å²) >= 11 is 2.44. The predicted octanol–water partition coefficient (Wildman–Crippen LogP) is 4.85. The molecule has 0 radical (unpaired) electrons. The fourth-order valence-corrected chi connectivity index (χ4v) is 5.94. The molecule has 2 heteroatoms. The maximum absolute atomic E-state index is 3.38. The average Bonchev–Trinajstić information content (AvgIpc) is 3.00. The van der Waals surface area contributed by atoms with E-state index in [1.807, 2.05) is 11.3 Å². The van der Waals surface area contributed by atoms with E-state index in [-0.39, 0.29) is 0 Å². The van der Waals surface area contributed by atoms with E-state index >= 15 is 0 Å². The van der Waals surface area contributed by atoms with Gasteiger partial charge in [-0.25, -0.2) is 0 Å². The van der Waals surface area contributed by atoms with Crippen LogP contribution in [0.1, 0.15) is 30.9 Å². The standard InChI is InChI=1S/C20H18SSe/c1-2-3-14-22-20-18(12-13-21-20)11-9-16-8-10-17-6-4-5-7-19(17)15-16/h4-8,10,12-13,15H,2-3,14H2,1H3. The van der Waals surface area contributed by atoms with Gasteiger partial charge in [0.2, 0.25) is 0 Å². The van der Waals surface area contributed by atoms with E-state index < -0.39 is 0 Å². The summed E-state index contributed by atoms with van der Waals surface area (Å²) in [7, 11) is 0. The van der Waals surface area contributed by atoms with E-state index in [0.29, 0.717) is 15.0 Å². The Morgan fingerprint density at radius 2 is 1.86 bits per heavy atom. The van der Waals surface area contributed by atoms with Crippen molar-refractivity contribution in [3.05, 3.63) is 65.0 Å². The first kappa shape index (κ1) is 15.4. The molecule has 0 unspecified atom stereocenters. The van der Waals surface area contributed by atoms with Crippen LogP contribution in [0, 0.1) is 11.8 Å². The number of hydrogen-bond acceptors (Lipinski definition) is 1. The average molecular weight is 369 g/mol. The van der Waals surface area contributed by atoms with Crippen LogP contribution in [-0.4, -0.2) is 15.0 Å². The molecule has 3 aromatic rings. The Balaban J connectivity index is 1.80. The monoisotopic (exact) mass is 370 g/mol. The van der Waals surface area contributed by atoms with Gasteiger partial charge in [0.25, 0.3) is 0 Å². The third-order valence-corrected chi connectivity index (χ3v) is 7.42. The van der Waals surface area contributed by atoms with Gasteiger partial charge in [-0.05, 0) is 0 Å². The molecular formula is C20H18SSe. The Bertz CT molecular complexity index is 820. The number of benzene rings is 2. The van der Waals surface area contributed by atoms with Gasteiger partial charge in [0.15, 0.2) is 0 Å². The summed E-state index contributed by atoms with van der Waals surface area (Å²) in [5, 5.41) is 6.03. The number of fused-ring (bicyclic) bond motifs is 1. The van der Waals surface area contributed by atoms with Crippen molar-refractivity contribution in [1.29, 1.82) is 0 Å². The van der Waals surface area contributed by atoms with Gasteiger partial charge in [0.05, 0.1) is 0 Å². The predicted molar refractivity (Wildman–Crippen MR) is 99.4 cm³/mol. The first-order valence-corrected chi connectivity index (χ1v) is 10.5. The molecule has 0 atom stereocenters. The van der Waals surface area contributed by atoms with Crippen LogP contribution in [0.15, 0.2) is 53.9 Å². The van der Waals surface area contributed by atoms with Gasteiger partial charge in [-0.15, -0.1) is 0 Å². The summed E-state index contributed by atoms with van der Waals surface area (Å²) < 4.78 is 1.49. The van der Waals surface area contributed by atoms with E-state index in [1.54, 1.807) is 0 Å². The molecule has 0 spiro atoms. The van der Waals surface area contributed by atoms with E-state index in [4.69, 9.17) is 0 Å². The van der Waals surface area contributed by atoms with Crippen molar-refractivity contribution >= 4 is 40.8 Å². The van der Waals surface area contributed by atoms with Crippen molar-refractivity contribution in [1.82, 2.24) is 0 Å². The molecule has 0 N–H and O–H groups in total. The second-order valence-electron chi connectivity index (χ2n) is 5.14. The van der Waals surface area contributed by atoms with Crippen molar-refractivity contribution in [3.8, 4) is 11.8 Å². The molecule has 1 aromatic heterocycles. The van der Waals surface area contributed by atoms with Gasteiger partial charge < -0.3 is 0 Å². The molecule has 22 heavy (non-hydrogen) atoms. The maximum atomic E-state index is 3.38. The molecule has 0 fully saturated rings. The first-order chi connectivity index (χ1) is 10.9. The van der Waals surface area contributed by atoms with Crippen LogP contribution in [-0.2, 0) is 0 Å². The van der Waals surface area contributed by atoms with Crippen LogP contribution in [0.2, 0.25) is 5.32 Å². The van der Waals surface area contributed by atoms with E-state index in [0.717, 1.165) is 5.56 Å². The van der Waals surface area contributed by atoms with Crippen LogP contribution in [0.3, 0.4) is 0 Å². The molecule has 0 saturated carbocycles. The zero-order valence-corrected chi connectivity index (χ0v) is 15.2. The third-order valence-electron chi connectivity index (χ3n) is 3.45. The molecular weight excluding hydrogens is 351 g/mol. The van der Waals surface area contributed by atoms with Crippen molar-refractivity contribution in [2.75, 3.05) is 0 Å². The molecule has 3 rings (SSSR count). The summed E-state index contributed by atoms with van der Waals surface area (Å²) in [6.07, 6.45) is 2.61. The van der Waals surface area contributed by atoms with Gasteiger partial charge in [-0.1, -0.05) is 0 Å². The topological polar surface area (TPSA) is 0 Å². The zero-order chi connectivity index (χ0) is 15.2. The van der Waals surface area contributed by atoms with E-state index in [9.17, 15) is 0 Å². The zero-order valence-electron chi connectivity index (χ0n) is 12.6. The van der Waals surface area contributed by atoms with E-state index in [2.05, 4.69) is 72.7 Å². The minimum atomic E-state index is 0.581. The Labute approximate surface area is 142 Å². The Kier molecular flexibility index (Phi) is 5.35. The van der Waals surface area contributed by atoms with Crippen molar-refractivity contribution in [2.45, 2.75) is 25.1 Å². The van der Waals surface area contributed by atoms with Crippen molar-refractivity contribution in [3.63, 3.8) is 0 Å². The van der Waals surface area contributed by atoms with Crippen LogP contribution in [0.5, 0.6) is 0 Å². The summed E-state index contributed by atoms with van der Waals surface area (Å²) in [6.45, 7) is 2.25. The van der Waals surface area contributed by atoms with Gasteiger partial charge >= 0.3 is 143 Å². The Morgan fingerprint density at radius 1 is 1.00 bits per heavy atom. The van der Waals surface area contributed by atoms with Crippen LogP contribution in [0.25, 0.3) is 10.8 Å². The molecule has 0 aliphatic carbocycles. The van der Waals surface area contributed by atoms with Gasteiger partial charge in [-0.3, -0.25) is 0 Å². The molecule has 0 bridgehead atoms. The van der Waals surface area contributed by atoms with Crippen molar-refractivity contribution in [2.24, 2.45) is 0 Å². The summed E-state index contributed by atoms with van der Waals surface area (Å²) in [6, 6.07) is 17.0. The van der Waals surface area contributed by atoms with Crippen molar-refractivity contribution < 1.29 is 0 Å². The molecule has 0 saturated heterocycles. The second-order valence-corrected chi connectivity index (χ2v) is 8.95. The number of rotatable bonds is 4. The molecule has 0 amide bonds. The molecule has 2 aromatic carbocycles. The normalized spacial score (nSPS) is 10.4. The van der Waals surface area contributed by atoms with E-state index in [1.165, 1.54) is 38.3 Å². The molecule has 0 aliphatic rings. The summed E-state index contributed by atoms with van der Waals surface area (Å²) in [5.74, 6) is 6.71. The first-order valence-electron chi connectivity index (χ1n) is 7.58. The fraction of sp³-hybridized carbons (Fsp3) is 0.200. The van der Waals surface area contributed by atoms with Gasteiger partial charge in [-0.2, -0.15) is 0 Å². The number of thiophene rings is 1. The fourth-order valence-electron chi connectivity index (χ4n) is 2.22. The minimum absolute atomic E-state index is 0.581. The van der Waals surface area contributed by atoms with Crippen LogP contribution < -0.4 is 3.78 Å². The molecule has 110 valence electrons. The number of hydrogen-bond donors (Lipinski definition) is 0. The summed E-state index contributed by atoms with van der Waals surface area (Å²) in [5.41, 5.74) is 2.33.